The fourth-order valence-corrected chi connectivity index (χ4v) is 3.53. The fourth-order valence-electron chi connectivity index (χ4n) is 2.67. The van der Waals surface area contributed by atoms with Gasteiger partial charge < -0.3 is 9.52 Å². The number of furan rings is 1. The second kappa shape index (κ2) is 6.57. The van der Waals surface area contributed by atoms with E-state index in [1.807, 2.05) is 0 Å². The number of aromatic carboxylic acids is 1. The highest BCUT2D eigenvalue weighted by atomic mass is 35.5. The highest BCUT2D eigenvalue weighted by Gasteiger charge is 2.25. The molecule has 0 unspecified atom stereocenters. The van der Waals surface area contributed by atoms with Crippen LogP contribution >= 0.6 is 23.4 Å². The van der Waals surface area contributed by atoms with Crippen molar-refractivity contribution in [2.75, 3.05) is 0 Å². The van der Waals surface area contributed by atoms with E-state index in [0.717, 1.165) is 11.8 Å². The number of hydrogen-bond acceptors (Lipinski definition) is 6. The number of benzene rings is 1. The van der Waals surface area contributed by atoms with Gasteiger partial charge in [0.1, 0.15) is 11.3 Å². The summed E-state index contributed by atoms with van der Waals surface area (Å²) < 4.78 is 5.83. The average molecular weight is 401 g/mol. The predicted octanol–water partition coefficient (Wildman–Crippen LogP) is 4.17. The zero-order chi connectivity index (χ0) is 19.1. The molecule has 2 aromatic heterocycles. The molecule has 7 nitrogen and oxygen atoms in total. The second-order valence-corrected chi connectivity index (χ2v) is 7.03. The van der Waals surface area contributed by atoms with E-state index in [4.69, 9.17) is 16.0 Å². The Balaban J connectivity index is 1.82. The molecular formula is C18H9ClN2O5S. The molecule has 0 atom stereocenters. The van der Waals surface area contributed by atoms with Gasteiger partial charge in [-0.15, -0.1) is 0 Å². The molecule has 27 heavy (non-hydrogen) atoms. The van der Waals surface area contributed by atoms with E-state index in [2.05, 4.69) is 10.3 Å². The van der Waals surface area contributed by atoms with Crippen LogP contribution in [0.25, 0.3) is 28.2 Å². The number of carbonyl (C=O) groups is 3. The zero-order valence-corrected chi connectivity index (χ0v) is 14.9. The molecule has 0 bridgehead atoms. The maximum absolute atomic E-state index is 11.7. The molecule has 1 aromatic carbocycles. The minimum Gasteiger partial charge on any atom is -0.478 e. The van der Waals surface area contributed by atoms with Crippen LogP contribution in [0.5, 0.6) is 0 Å². The number of hydrogen-bond donors (Lipinski definition) is 2. The van der Waals surface area contributed by atoms with Crippen LogP contribution in [-0.4, -0.2) is 27.2 Å². The van der Waals surface area contributed by atoms with Crippen molar-refractivity contribution in [1.82, 2.24) is 10.3 Å². The Kier molecular flexibility index (Phi) is 4.21. The molecule has 0 spiro atoms. The van der Waals surface area contributed by atoms with Gasteiger partial charge in [-0.3, -0.25) is 19.9 Å². The van der Waals surface area contributed by atoms with Gasteiger partial charge in [0.25, 0.3) is 11.1 Å². The number of imide groups is 1. The first-order valence-electron chi connectivity index (χ1n) is 7.58. The van der Waals surface area contributed by atoms with Crippen LogP contribution in [0.4, 0.5) is 4.79 Å². The number of aromatic nitrogens is 1. The zero-order valence-electron chi connectivity index (χ0n) is 13.4. The first-order valence-corrected chi connectivity index (χ1v) is 8.77. The summed E-state index contributed by atoms with van der Waals surface area (Å²) in [4.78, 5) is 38.7. The summed E-state index contributed by atoms with van der Waals surface area (Å²) in [6.45, 7) is 0. The molecule has 0 radical (unpaired) electrons. The Bertz CT molecular complexity index is 1170. The van der Waals surface area contributed by atoms with E-state index in [1.165, 1.54) is 18.2 Å². The summed E-state index contributed by atoms with van der Waals surface area (Å²) in [7, 11) is 0. The lowest BCUT2D eigenvalue weighted by molar-refractivity contribution is -0.115. The molecule has 0 aliphatic carbocycles. The lowest BCUT2D eigenvalue weighted by Crippen LogP contribution is -2.17. The maximum atomic E-state index is 11.7. The molecule has 2 amide bonds. The van der Waals surface area contributed by atoms with Gasteiger partial charge in [-0.2, -0.15) is 0 Å². The maximum Gasteiger partial charge on any atom is 0.337 e. The Morgan fingerprint density at radius 3 is 2.78 bits per heavy atom. The van der Waals surface area contributed by atoms with Gasteiger partial charge in [0.05, 0.1) is 15.5 Å². The number of halogens is 1. The molecule has 2 N–H and O–H groups in total. The summed E-state index contributed by atoms with van der Waals surface area (Å²) in [5.41, 5.74) is 1.60. The summed E-state index contributed by atoms with van der Waals surface area (Å²) in [6.07, 6.45) is 4.61. The quantitative estimate of drug-likeness (QED) is 0.635. The van der Waals surface area contributed by atoms with E-state index >= 15 is 0 Å². The summed E-state index contributed by atoms with van der Waals surface area (Å²) in [6, 6.07) is 6.30. The average Bonchev–Trinajstić information content (AvgIpc) is 3.17. The summed E-state index contributed by atoms with van der Waals surface area (Å²) in [5.74, 6) is -1.24. The Morgan fingerprint density at radius 2 is 2.07 bits per heavy atom. The van der Waals surface area contributed by atoms with Gasteiger partial charge in [-0.1, -0.05) is 17.7 Å². The summed E-state index contributed by atoms with van der Waals surface area (Å²) in [5, 5.41) is 11.8. The van der Waals surface area contributed by atoms with Gasteiger partial charge in [-0.25, -0.2) is 4.79 Å². The number of amides is 2. The molecule has 3 aromatic rings. The molecule has 134 valence electrons. The van der Waals surface area contributed by atoms with Crippen LogP contribution in [-0.2, 0) is 4.79 Å². The molecule has 0 saturated carbocycles. The van der Waals surface area contributed by atoms with Crippen molar-refractivity contribution in [3.05, 3.63) is 57.9 Å². The van der Waals surface area contributed by atoms with Crippen molar-refractivity contribution in [1.29, 1.82) is 0 Å². The number of carboxylic acid groups (broad SMARTS) is 1. The van der Waals surface area contributed by atoms with E-state index in [9.17, 15) is 19.5 Å². The van der Waals surface area contributed by atoms with Crippen LogP contribution in [0.15, 0.2) is 46.0 Å². The van der Waals surface area contributed by atoms with Crippen LogP contribution in [0, 0.1) is 0 Å². The monoisotopic (exact) mass is 400 g/mol. The third-order valence-electron chi connectivity index (χ3n) is 3.86. The fraction of sp³-hybridized carbons (Fsp3) is 0. The lowest BCUT2D eigenvalue weighted by Gasteiger charge is -2.05. The van der Waals surface area contributed by atoms with Crippen molar-refractivity contribution < 1.29 is 23.9 Å². The molecule has 3 heterocycles. The van der Waals surface area contributed by atoms with Crippen LogP contribution in [0.3, 0.4) is 0 Å². The van der Waals surface area contributed by atoms with Crippen LogP contribution < -0.4 is 5.32 Å². The van der Waals surface area contributed by atoms with Crippen molar-refractivity contribution >= 4 is 57.5 Å². The van der Waals surface area contributed by atoms with Gasteiger partial charge in [0.15, 0.2) is 0 Å². The SMILES string of the molecule is O=C1NC(=O)C(=Cc2cc3cncc(-c4ccc(Cl)c(C(=O)O)c4)c3o2)S1. The van der Waals surface area contributed by atoms with Gasteiger partial charge in [-0.05, 0) is 35.5 Å². The highest BCUT2D eigenvalue weighted by Crippen LogP contribution is 2.34. The first-order chi connectivity index (χ1) is 12.9. The van der Waals surface area contributed by atoms with Crippen molar-refractivity contribution in [2.24, 2.45) is 0 Å². The Hall–Kier alpha value is -3.10. The number of thioether (sulfide) groups is 1. The molecule has 1 saturated heterocycles. The van der Waals surface area contributed by atoms with Gasteiger partial charge >= 0.3 is 5.97 Å². The number of carboxylic acids is 1. The molecule has 1 aliphatic rings. The standard InChI is InChI=1S/C18H9ClN2O5S/c19-13-2-1-8(4-11(13)17(23)24)12-7-20-6-9-3-10(26-15(9)12)5-14-16(22)21-18(25)27-14/h1-7H,(H,23,24)(H,21,22,25). The minimum absolute atomic E-state index is 0.0300. The van der Waals surface area contributed by atoms with Gasteiger partial charge in [0, 0.05) is 29.4 Å². The predicted molar refractivity (Wildman–Crippen MR) is 101 cm³/mol. The minimum atomic E-state index is -1.14. The Labute approximate surface area is 161 Å². The highest BCUT2D eigenvalue weighted by molar-refractivity contribution is 8.18. The van der Waals surface area contributed by atoms with E-state index < -0.39 is 17.1 Å². The van der Waals surface area contributed by atoms with Crippen molar-refractivity contribution in [3.8, 4) is 11.1 Å². The van der Waals surface area contributed by atoms with Crippen molar-refractivity contribution in [2.45, 2.75) is 0 Å². The molecular weight excluding hydrogens is 392 g/mol. The number of carbonyl (C=O) groups excluding carboxylic acids is 2. The molecule has 9 heteroatoms. The van der Waals surface area contributed by atoms with Gasteiger partial charge in [0.2, 0.25) is 0 Å². The van der Waals surface area contributed by atoms with Crippen LogP contribution in [0.1, 0.15) is 16.1 Å². The van der Waals surface area contributed by atoms with Crippen molar-refractivity contribution in [3.63, 3.8) is 0 Å². The largest absolute Gasteiger partial charge is 0.478 e. The van der Waals surface area contributed by atoms with E-state index in [-0.39, 0.29) is 15.5 Å². The molecule has 1 aliphatic heterocycles. The first kappa shape index (κ1) is 17.3. The number of rotatable bonds is 3. The number of nitrogens with one attached hydrogen (secondary N) is 1. The topological polar surface area (TPSA) is 110 Å². The van der Waals surface area contributed by atoms with E-state index in [0.29, 0.717) is 27.9 Å². The smallest absolute Gasteiger partial charge is 0.337 e. The molecule has 1 fully saturated rings. The number of nitrogens with zero attached hydrogens (tertiary/aromatic N) is 1. The molecule has 4 rings (SSSR count). The van der Waals surface area contributed by atoms with Crippen LogP contribution in [0.2, 0.25) is 5.02 Å². The number of fused-ring (bicyclic) bond motifs is 1. The lowest BCUT2D eigenvalue weighted by atomic mass is 10.0. The third kappa shape index (κ3) is 3.20. The second-order valence-electron chi connectivity index (χ2n) is 5.61. The number of pyridine rings is 1. The Morgan fingerprint density at radius 1 is 1.26 bits per heavy atom. The van der Waals surface area contributed by atoms with E-state index in [1.54, 1.807) is 24.5 Å². The summed E-state index contributed by atoms with van der Waals surface area (Å²) >= 11 is 6.72. The normalized spacial score (nSPS) is 15.5. The third-order valence-corrected chi connectivity index (χ3v) is 5.01.